The number of hydrogen-bond acceptors (Lipinski definition) is 3. The second kappa shape index (κ2) is 6.11. The molecule has 0 radical (unpaired) electrons. The van der Waals surface area contributed by atoms with Crippen LogP contribution in [0.5, 0.6) is 0 Å². The quantitative estimate of drug-likeness (QED) is 0.844. The first-order chi connectivity index (χ1) is 8.90. The average molecular weight is 267 g/mol. The van der Waals surface area contributed by atoms with E-state index in [4.69, 9.17) is 0 Å². The van der Waals surface area contributed by atoms with Crippen LogP contribution in [0.2, 0.25) is 0 Å². The Kier molecular flexibility index (Phi) is 4.91. The molecule has 0 saturated carbocycles. The first-order valence-electron chi connectivity index (χ1n) is 8.10. The molecule has 19 heavy (non-hydrogen) atoms. The minimum atomic E-state index is 0.365. The Morgan fingerprint density at radius 3 is 2.53 bits per heavy atom. The van der Waals surface area contributed by atoms with Crippen molar-refractivity contribution in [2.75, 3.05) is 39.3 Å². The predicted octanol–water partition coefficient (Wildman–Crippen LogP) is 2.04. The number of nitrogens with zero attached hydrogens (tertiary/aromatic N) is 2. The Balaban J connectivity index is 1.87. The van der Waals surface area contributed by atoms with Gasteiger partial charge in [-0.25, -0.2) is 0 Å². The molecule has 2 rings (SSSR count). The van der Waals surface area contributed by atoms with Crippen molar-refractivity contribution in [3.63, 3.8) is 0 Å². The van der Waals surface area contributed by atoms with Gasteiger partial charge in [0.15, 0.2) is 0 Å². The lowest BCUT2D eigenvalue weighted by Gasteiger charge is -2.44. The van der Waals surface area contributed by atoms with E-state index in [1.165, 1.54) is 39.1 Å². The average Bonchev–Trinajstić information content (AvgIpc) is 2.78. The van der Waals surface area contributed by atoms with E-state index < -0.39 is 0 Å². The molecule has 3 unspecified atom stereocenters. The summed E-state index contributed by atoms with van der Waals surface area (Å²) < 4.78 is 0. The zero-order valence-electron chi connectivity index (χ0n) is 13.6. The van der Waals surface area contributed by atoms with E-state index in [2.05, 4.69) is 49.7 Å². The fourth-order valence-corrected chi connectivity index (χ4v) is 3.44. The van der Waals surface area contributed by atoms with Crippen LogP contribution in [-0.4, -0.2) is 61.2 Å². The molecular formula is C16H33N3. The molecule has 0 amide bonds. The maximum Gasteiger partial charge on any atom is 0.0244 e. The number of hydrogen-bond donors (Lipinski definition) is 1. The lowest BCUT2D eigenvalue weighted by Crippen LogP contribution is -2.60. The van der Waals surface area contributed by atoms with Crippen molar-refractivity contribution in [3.8, 4) is 0 Å². The van der Waals surface area contributed by atoms with Crippen molar-refractivity contribution >= 4 is 0 Å². The minimum absolute atomic E-state index is 0.365. The van der Waals surface area contributed by atoms with Crippen LogP contribution in [0.4, 0.5) is 0 Å². The number of likely N-dealkylation sites (tertiary alicyclic amines) is 1. The van der Waals surface area contributed by atoms with Gasteiger partial charge in [0.25, 0.3) is 0 Å². The van der Waals surface area contributed by atoms with Crippen LogP contribution >= 0.6 is 0 Å². The summed E-state index contributed by atoms with van der Waals surface area (Å²) in [5, 5.41) is 3.73. The molecule has 3 nitrogen and oxygen atoms in total. The molecule has 2 saturated heterocycles. The highest BCUT2D eigenvalue weighted by Crippen LogP contribution is 2.25. The van der Waals surface area contributed by atoms with E-state index in [1.54, 1.807) is 0 Å². The Morgan fingerprint density at radius 2 is 1.95 bits per heavy atom. The van der Waals surface area contributed by atoms with E-state index in [1.807, 2.05) is 0 Å². The van der Waals surface area contributed by atoms with E-state index >= 15 is 0 Å². The van der Waals surface area contributed by atoms with Crippen LogP contribution in [-0.2, 0) is 0 Å². The second-order valence-corrected chi connectivity index (χ2v) is 7.68. The molecule has 112 valence electrons. The first-order valence-corrected chi connectivity index (χ1v) is 8.10. The molecule has 0 aliphatic carbocycles. The fourth-order valence-electron chi connectivity index (χ4n) is 3.44. The van der Waals surface area contributed by atoms with Crippen molar-refractivity contribution in [1.82, 2.24) is 15.1 Å². The van der Waals surface area contributed by atoms with Gasteiger partial charge in [-0.15, -0.1) is 0 Å². The first kappa shape index (κ1) is 15.3. The van der Waals surface area contributed by atoms with Crippen LogP contribution < -0.4 is 5.32 Å². The predicted molar refractivity (Wildman–Crippen MR) is 82.5 cm³/mol. The van der Waals surface area contributed by atoms with Gasteiger partial charge in [-0.2, -0.15) is 0 Å². The molecule has 2 heterocycles. The molecule has 0 aromatic carbocycles. The number of rotatable bonds is 3. The highest BCUT2D eigenvalue weighted by molar-refractivity contribution is 4.92. The molecule has 0 bridgehead atoms. The Hall–Kier alpha value is -0.120. The summed E-state index contributed by atoms with van der Waals surface area (Å²) in [6.07, 6.45) is 1.39. The van der Waals surface area contributed by atoms with Gasteiger partial charge in [-0.3, -0.25) is 4.90 Å². The molecule has 2 aliphatic rings. The van der Waals surface area contributed by atoms with Crippen LogP contribution in [0, 0.1) is 11.3 Å². The van der Waals surface area contributed by atoms with E-state index in [9.17, 15) is 0 Å². The molecule has 2 aliphatic heterocycles. The van der Waals surface area contributed by atoms with Crippen molar-refractivity contribution in [2.45, 2.75) is 53.1 Å². The minimum Gasteiger partial charge on any atom is -0.311 e. The summed E-state index contributed by atoms with van der Waals surface area (Å²) in [5.41, 5.74) is 0.365. The Labute approximate surface area is 119 Å². The smallest absolute Gasteiger partial charge is 0.0244 e. The summed E-state index contributed by atoms with van der Waals surface area (Å²) in [6, 6.07) is 1.32. The van der Waals surface area contributed by atoms with Crippen molar-refractivity contribution in [1.29, 1.82) is 0 Å². The Bertz CT molecular complexity index is 284. The van der Waals surface area contributed by atoms with Gasteiger partial charge in [-0.1, -0.05) is 27.7 Å². The van der Waals surface area contributed by atoms with Crippen LogP contribution in [0.25, 0.3) is 0 Å². The highest BCUT2D eigenvalue weighted by Gasteiger charge is 2.34. The summed E-state index contributed by atoms with van der Waals surface area (Å²) in [7, 11) is 0. The molecule has 0 aromatic heterocycles. The third-order valence-corrected chi connectivity index (χ3v) is 5.06. The molecule has 3 atom stereocenters. The molecule has 1 N–H and O–H groups in total. The standard InChI is InChI=1S/C16H33N3/c1-6-18-8-7-14(10-18)11-19-12-15(16(3,4)5)17-9-13(19)2/h13-15,17H,6-12H2,1-5H3. The molecule has 3 heteroatoms. The lowest BCUT2D eigenvalue weighted by molar-refractivity contribution is 0.0804. The third kappa shape index (κ3) is 3.93. The van der Waals surface area contributed by atoms with Crippen molar-refractivity contribution in [3.05, 3.63) is 0 Å². The van der Waals surface area contributed by atoms with Gasteiger partial charge in [0.05, 0.1) is 0 Å². The van der Waals surface area contributed by atoms with Crippen LogP contribution in [0.15, 0.2) is 0 Å². The zero-order chi connectivity index (χ0) is 14.0. The van der Waals surface area contributed by atoms with Gasteiger partial charge in [-0.05, 0) is 37.8 Å². The van der Waals surface area contributed by atoms with E-state index in [-0.39, 0.29) is 0 Å². The second-order valence-electron chi connectivity index (χ2n) is 7.68. The topological polar surface area (TPSA) is 18.5 Å². The lowest BCUT2D eigenvalue weighted by atomic mass is 9.84. The fraction of sp³-hybridized carbons (Fsp3) is 1.00. The van der Waals surface area contributed by atoms with Gasteiger partial charge in [0, 0.05) is 38.3 Å². The largest absolute Gasteiger partial charge is 0.311 e. The van der Waals surface area contributed by atoms with E-state index in [0.29, 0.717) is 17.5 Å². The number of nitrogens with one attached hydrogen (secondary N) is 1. The summed E-state index contributed by atoms with van der Waals surface area (Å²) in [5.74, 6) is 0.890. The SMILES string of the molecule is CCN1CCC(CN2CC(C(C)(C)C)NCC2C)C1. The highest BCUT2D eigenvalue weighted by atomic mass is 15.2. The van der Waals surface area contributed by atoms with E-state index in [0.717, 1.165) is 12.5 Å². The molecular weight excluding hydrogens is 234 g/mol. The monoisotopic (exact) mass is 267 g/mol. The summed E-state index contributed by atoms with van der Waals surface area (Å²) in [4.78, 5) is 5.33. The molecule has 2 fully saturated rings. The summed E-state index contributed by atoms with van der Waals surface area (Å²) >= 11 is 0. The molecule has 0 spiro atoms. The maximum atomic E-state index is 3.73. The van der Waals surface area contributed by atoms with Crippen LogP contribution in [0.1, 0.15) is 41.0 Å². The molecule has 0 aromatic rings. The summed E-state index contributed by atoms with van der Waals surface area (Å²) in [6.45, 7) is 19.2. The zero-order valence-corrected chi connectivity index (χ0v) is 13.6. The van der Waals surface area contributed by atoms with Gasteiger partial charge < -0.3 is 10.2 Å². The third-order valence-electron chi connectivity index (χ3n) is 5.06. The van der Waals surface area contributed by atoms with Crippen LogP contribution in [0.3, 0.4) is 0 Å². The van der Waals surface area contributed by atoms with Gasteiger partial charge in [0.1, 0.15) is 0 Å². The van der Waals surface area contributed by atoms with Gasteiger partial charge in [0.2, 0.25) is 0 Å². The maximum absolute atomic E-state index is 3.73. The number of piperazine rings is 1. The van der Waals surface area contributed by atoms with Crippen molar-refractivity contribution < 1.29 is 0 Å². The van der Waals surface area contributed by atoms with Crippen molar-refractivity contribution in [2.24, 2.45) is 11.3 Å². The normalized spacial score (nSPS) is 34.9. The Morgan fingerprint density at radius 1 is 1.21 bits per heavy atom. The van der Waals surface area contributed by atoms with Gasteiger partial charge >= 0.3 is 0 Å².